The second-order valence-electron chi connectivity index (χ2n) is 6.33. The number of likely N-dealkylation sites (tertiary alicyclic amines) is 1. The summed E-state index contributed by atoms with van der Waals surface area (Å²) in [5.74, 6) is 0. The van der Waals surface area contributed by atoms with Crippen LogP contribution >= 0.6 is 0 Å². The first-order valence-corrected chi connectivity index (χ1v) is 6.66. The molecule has 0 unspecified atom stereocenters. The van der Waals surface area contributed by atoms with Crippen molar-refractivity contribution in [2.45, 2.75) is 63.6 Å². The van der Waals surface area contributed by atoms with Crippen LogP contribution in [0.4, 0.5) is 4.79 Å². The summed E-state index contributed by atoms with van der Waals surface area (Å²) in [6.45, 7) is 5.62. The highest BCUT2D eigenvalue weighted by atomic mass is 16.6. The molecule has 1 heterocycles. The molecule has 1 spiro atoms. The number of amides is 1. The average molecular weight is 253 g/mol. The Morgan fingerprint density at radius 3 is 2.56 bits per heavy atom. The van der Waals surface area contributed by atoms with Gasteiger partial charge in [0.1, 0.15) is 5.60 Å². The maximum absolute atomic E-state index is 12.4. The van der Waals surface area contributed by atoms with Crippen LogP contribution < -0.4 is 0 Å². The summed E-state index contributed by atoms with van der Waals surface area (Å²) < 4.78 is 5.49. The molecule has 1 saturated heterocycles. The van der Waals surface area contributed by atoms with Crippen molar-refractivity contribution in [1.82, 2.24) is 4.90 Å². The van der Waals surface area contributed by atoms with Crippen molar-refractivity contribution in [1.29, 1.82) is 0 Å². The van der Waals surface area contributed by atoms with Crippen molar-refractivity contribution < 1.29 is 14.6 Å². The minimum atomic E-state index is -0.493. The molecule has 1 fully saturated rings. The average Bonchev–Trinajstić information content (AvgIpc) is 2.84. The summed E-state index contributed by atoms with van der Waals surface area (Å²) in [6.07, 6.45) is 7.52. The fourth-order valence-corrected chi connectivity index (χ4v) is 2.99. The molecular formula is C14H23NO3. The summed E-state index contributed by atoms with van der Waals surface area (Å²) in [6, 6.07) is -0.0975. The van der Waals surface area contributed by atoms with Gasteiger partial charge in [0.05, 0.1) is 18.2 Å². The molecule has 0 aromatic heterocycles. The normalized spacial score (nSPS) is 26.0. The van der Waals surface area contributed by atoms with Crippen molar-refractivity contribution in [2.24, 2.45) is 0 Å². The molecule has 0 radical (unpaired) electrons. The number of aliphatic hydroxyl groups is 1. The van der Waals surface area contributed by atoms with E-state index in [-0.39, 0.29) is 24.3 Å². The van der Waals surface area contributed by atoms with Crippen LogP contribution in [0.1, 0.15) is 46.5 Å². The van der Waals surface area contributed by atoms with Gasteiger partial charge in [-0.15, -0.1) is 0 Å². The second kappa shape index (κ2) is 4.57. The van der Waals surface area contributed by atoms with Gasteiger partial charge in [-0.05, 0) is 46.5 Å². The van der Waals surface area contributed by atoms with Gasteiger partial charge in [0, 0.05) is 0 Å². The van der Waals surface area contributed by atoms with Gasteiger partial charge >= 0.3 is 6.09 Å². The lowest BCUT2D eigenvalue weighted by Crippen LogP contribution is -2.52. The van der Waals surface area contributed by atoms with Crippen molar-refractivity contribution in [2.75, 3.05) is 6.61 Å². The van der Waals surface area contributed by atoms with Crippen molar-refractivity contribution in [3.63, 3.8) is 0 Å². The fourth-order valence-electron chi connectivity index (χ4n) is 2.99. The summed E-state index contributed by atoms with van der Waals surface area (Å²) in [5.41, 5.74) is -0.636. The van der Waals surface area contributed by atoms with E-state index in [1.165, 1.54) is 0 Å². The van der Waals surface area contributed by atoms with E-state index < -0.39 is 5.60 Å². The van der Waals surface area contributed by atoms with Gasteiger partial charge in [-0.2, -0.15) is 0 Å². The SMILES string of the molecule is CC(C)(C)OC(=O)N1[C@H](CO)CCC12CC=CC2. The first-order valence-electron chi connectivity index (χ1n) is 6.66. The molecule has 4 heteroatoms. The van der Waals surface area contributed by atoms with E-state index in [0.717, 1.165) is 25.7 Å². The van der Waals surface area contributed by atoms with Gasteiger partial charge in [0.25, 0.3) is 0 Å². The number of rotatable bonds is 1. The zero-order valence-corrected chi connectivity index (χ0v) is 11.5. The topological polar surface area (TPSA) is 49.8 Å². The van der Waals surface area contributed by atoms with E-state index in [2.05, 4.69) is 12.2 Å². The van der Waals surface area contributed by atoms with Crippen LogP contribution in [0, 0.1) is 0 Å². The molecular weight excluding hydrogens is 230 g/mol. The van der Waals surface area contributed by atoms with Crippen LogP contribution in [-0.4, -0.2) is 39.9 Å². The Balaban J connectivity index is 2.17. The molecule has 1 atom stereocenters. The first-order chi connectivity index (χ1) is 8.38. The minimum Gasteiger partial charge on any atom is -0.444 e. The molecule has 18 heavy (non-hydrogen) atoms. The van der Waals surface area contributed by atoms with Gasteiger partial charge in [0.15, 0.2) is 0 Å². The molecule has 2 rings (SSSR count). The lowest BCUT2D eigenvalue weighted by atomic mass is 9.94. The van der Waals surface area contributed by atoms with E-state index in [9.17, 15) is 9.90 Å². The van der Waals surface area contributed by atoms with Crippen LogP contribution in [0.3, 0.4) is 0 Å². The first kappa shape index (κ1) is 13.4. The van der Waals surface area contributed by atoms with Gasteiger partial charge in [-0.3, -0.25) is 4.90 Å². The number of carbonyl (C=O) groups is 1. The van der Waals surface area contributed by atoms with E-state index in [0.29, 0.717) is 0 Å². The number of aliphatic hydroxyl groups excluding tert-OH is 1. The quantitative estimate of drug-likeness (QED) is 0.730. The Hall–Kier alpha value is -1.03. The zero-order valence-electron chi connectivity index (χ0n) is 11.5. The molecule has 1 N–H and O–H groups in total. The Kier molecular flexibility index (Phi) is 3.41. The highest BCUT2D eigenvalue weighted by Crippen LogP contribution is 2.43. The van der Waals surface area contributed by atoms with Crippen molar-refractivity contribution >= 4 is 6.09 Å². The zero-order chi connectivity index (χ0) is 13.4. The van der Waals surface area contributed by atoms with Crippen LogP contribution in [-0.2, 0) is 4.74 Å². The number of ether oxygens (including phenoxy) is 1. The predicted molar refractivity (Wildman–Crippen MR) is 69.3 cm³/mol. The van der Waals surface area contributed by atoms with Gasteiger partial charge < -0.3 is 9.84 Å². The summed E-state index contributed by atoms with van der Waals surface area (Å²) in [5, 5.41) is 9.46. The number of carbonyl (C=O) groups excluding carboxylic acids is 1. The third kappa shape index (κ3) is 2.39. The van der Waals surface area contributed by atoms with Gasteiger partial charge in [0.2, 0.25) is 0 Å². The third-order valence-electron chi connectivity index (χ3n) is 3.78. The van der Waals surface area contributed by atoms with Crippen molar-refractivity contribution in [3.05, 3.63) is 12.2 Å². The summed E-state index contributed by atoms with van der Waals surface area (Å²) in [4.78, 5) is 14.1. The second-order valence-corrected chi connectivity index (χ2v) is 6.33. The van der Waals surface area contributed by atoms with Crippen molar-refractivity contribution in [3.8, 4) is 0 Å². The van der Waals surface area contributed by atoms with Crippen LogP contribution in [0.15, 0.2) is 12.2 Å². The predicted octanol–water partition coefficient (Wildman–Crippen LogP) is 2.47. The molecule has 2 aliphatic rings. The van der Waals surface area contributed by atoms with E-state index in [4.69, 9.17) is 4.74 Å². The largest absolute Gasteiger partial charge is 0.444 e. The molecule has 102 valence electrons. The Morgan fingerprint density at radius 2 is 2.06 bits per heavy atom. The lowest BCUT2D eigenvalue weighted by molar-refractivity contribution is -0.00664. The molecule has 0 saturated carbocycles. The van der Waals surface area contributed by atoms with Crippen LogP contribution in [0.25, 0.3) is 0 Å². The molecule has 1 aliphatic carbocycles. The van der Waals surface area contributed by atoms with Gasteiger partial charge in [-0.1, -0.05) is 12.2 Å². The third-order valence-corrected chi connectivity index (χ3v) is 3.78. The fraction of sp³-hybridized carbons (Fsp3) is 0.786. The molecule has 1 amide bonds. The highest BCUT2D eigenvalue weighted by molar-refractivity contribution is 5.70. The smallest absolute Gasteiger partial charge is 0.411 e. The summed E-state index contributed by atoms with van der Waals surface area (Å²) in [7, 11) is 0. The Bertz CT molecular complexity index is 349. The van der Waals surface area contributed by atoms with E-state index in [1.54, 1.807) is 4.90 Å². The van der Waals surface area contributed by atoms with Crippen LogP contribution in [0.5, 0.6) is 0 Å². The number of hydrogen-bond acceptors (Lipinski definition) is 3. The Morgan fingerprint density at radius 1 is 1.44 bits per heavy atom. The maximum Gasteiger partial charge on any atom is 0.411 e. The number of hydrogen-bond donors (Lipinski definition) is 1. The molecule has 1 aliphatic heterocycles. The van der Waals surface area contributed by atoms with Crippen LogP contribution in [0.2, 0.25) is 0 Å². The maximum atomic E-state index is 12.4. The standard InChI is InChI=1S/C14H23NO3/c1-13(2,3)18-12(17)15-11(10-16)6-9-14(15)7-4-5-8-14/h4-5,11,16H,6-10H2,1-3H3/t11-/m0/s1. The Labute approximate surface area is 109 Å². The van der Waals surface area contributed by atoms with E-state index >= 15 is 0 Å². The monoisotopic (exact) mass is 253 g/mol. The lowest BCUT2D eigenvalue weighted by Gasteiger charge is -2.38. The number of nitrogens with zero attached hydrogens (tertiary/aromatic N) is 1. The van der Waals surface area contributed by atoms with E-state index in [1.807, 2.05) is 20.8 Å². The van der Waals surface area contributed by atoms with Gasteiger partial charge in [-0.25, -0.2) is 4.79 Å². The molecule has 0 aromatic carbocycles. The molecule has 4 nitrogen and oxygen atoms in total. The molecule has 0 bridgehead atoms. The highest BCUT2D eigenvalue weighted by Gasteiger charge is 2.49. The minimum absolute atomic E-state index is 0.0149. The summed E-state index contributed by atoms with van der Waals surface area (Å²) >= 11 is 0. The molecule has 0 aromatic rings.